The molecular formula is C29H32F2N8O2. The summed E-state index contributed by atoms with van der Waals surface area (Å²) in [6, 6.07) is 4.09. The molecule has 0 spiro atoms. The number of piperidine rings is 1. The highest BCUT2D eigenvalue weighted by molar-refractivity contribution is 5.95. The van der Waals surface area contributed by atoms with Crippen molar-refractivity contribution in [2.75, 3.05) is 43.5 Å². The molecule has 6 rings (SSSR count). The zero-order chi connectivity index (χ0) is 28.5. The monoisotopic (exact) mass is 562 g/mol. The lowest BCUT2D eigenvalue weighted by atomic mass is 10.1. The summed E-state index contributed by atoms with van der Waals surface area (Å²) in [6.45, 7) is 1.78. The quantitative estimate of drug-likeness (QED) is 0.309. The summed E-state index contributed by atoms with van der Waals surface area (Å²) in [5.41, 5.74) is 1.87. The van der Waals surface area contributed by atoms with Gasteiger partial charge in [-0.1, -0.05) is 0 Å². The molecule has 1 saturated carbocycles. The van der Waals surface area contributed by atoms with Gasteiger partial charge < -0.3 is 24.8 Å². The number of carbonyl (C=O) groups is 1. The van der Waals surface area contributed by atoms with Crippen LogP contribution in [-0.2, 0) is 0 Å². The van der Waals surface area contributed by atoms with Crippen LogP contribution in [0.25, 0.3) is 11.0 Å². The second-order valence-corrected chi connectivity index (χ2v) is 10.7. The summed E-state index contributed by atoms with van der Waals surface area (Å²) in [6.07, 6.45) is 11.0. The zero-order valence-corrected chi connectivity index (χ0v) is 22.8. The molecule has 214 valence electrons. The SMILES string of the molecule is CN(CCCO)C(=O)c1ccc(Nc2ncnc3c2c(F)cn3C2CCN(c3ncc(C4CC4)cn3)CC2)c(F)c1. The maximum absolute atomic E-state index is 15.3. The fourth-order valence-electron chi connectivity index (χ4n) is 5.39. The van der Waals surface area contributed by atoms with E-state index in [1.165, 1.54) is 48.0 Å². The number of halogens is 2. The van der Waals surface area contributed by atoms with Crippen LogP contribution in [0.1, 0.15) is 60.0 Å². The zero-order valence-electron chi connectivity index (χ0n) is 22.8. The number of nitrogens with one attached hydrogen (secondary N) is 1. The number of hydrogen-bond acceptors (Lipinski definition) is 8. The van der Waals surface area contributed by atoms with E-state index in [9.17, 15) is 4.79 Å². The first-order valence-corrected chi connectivity index (χ1v) is 13.9. The molecule has 12 heteroatoms. The number of amides is 1. The first kappa shape index (κ1) is 27.0. The molecule has 0 radical (unpaired) electrons. The summed E-state index contributed by atoms with van der Waals surface area (Å²) in [5, 5.41) is 12.0. The molecule has 0 unspecified atom stereocenters. The van der Waals surface area contributed by atoms with Crippen molar-refractivity contribution in [1.29, 1.82) is 0 Å². The minimum Gasteiger partial charge on any atom is -0.396 e. The molecule has 0 atom stereocenters. The standard InChI is InChI=1S/C29H32F2N8O2/c1-37(9-2-12-40)28(41)19-5-6-24(22(30)13-19)36-26-25-23(31)16-39(27(25)35-17-34-26)21-7-10-38(11-8-21)29-32-14-20(15-33-29)18-3-4-18/h5-6,13-18,21,40H,2-4,7-12H2,1H3,(H,34,35,36). The molecule has 1 aromatic carbocycles. The predicted molar refractivity (Wildman–Crippen MR) is 150 cm³/mol. The Morgan fingerprint density at radius 1 is 1.07 bits per heavy atom. The van der Waals surface area contributed by atoms with Crippen molar-refractivity contribution in [3.8, 4) is 0 Å². The van der Waals surface area contributed by atoms with Gasteiger partial charge in [0.2, 0.25) is 5.95 Å². The molecule has 2 fully saturated rings. The van der Waals surface area contributed by atoms with Gasteiger partial charge in [-0.15, -0.1) is 0 Å². The number of fused-ring (bicyclic) bond motifs is 1. The Bertz CT molecular complexity index is 1550. The van der Waals surface area contributed by atoms with E-state index in [-0.39, 0.29) is 41.0 Å². The lowest BCUT2D eigenvalue weighted by Crippen LogP contribution is -2.35. The minimum absolute atomic E-state index is 0.0246. The van der Waals surface area contributed by atoms with Gasteiger partial charge in [-0.25, -0.2) is 28.7 Å². The highest BCUT2D eigenvalue weighted by Crippen LogP contribution is 2.39. The van der Waals surface area contributed by atoms with Gasteiger partial charge in [0.05, 0.1) is 11.1 Å². The molecule has 1 saturated heterocycles. The number of aromatic nitrogens is 5. The summed E-state index contributed by atoms with van der Waals surface area (Å²) >= 11 is 0. The van der Waals surface area contributed by atoms with E-state index in [4.69, 9.17) is 5.11 Å². The van der Waals surface area contributed by atoms with Crippen molar-refractivity contribution in [3.63, 3.8) is 0 Å². The van der Waals surface area contributed by atoms with Crippen LogP contribution >= 0.6 is 0 Å². The Kier molecular flexibility index (Phi) is 7.48. The van der Waals surface area contributed by atoms with Crippen molar-refractivity contribution in [1.82, 2.24) is 29.4 Å². The third-order valence-electron chi connectivity index (χ3n) is 7.88. The predicted octanol–water partition coefficient (Wildman–Crippen LogP) is 4.42. The van der Waals surface area contributed by atoms with Crippen LogP contribution in [-0.4, -0.2) is 73.7 Å². The van der Waals surface area contributed by atoms with Crippen LogP contribution in [0.5, 0.6) is 0 Å². The van der Waals surface area contributed by atoms with E-state index in [0.29, 0.717) is 24.5 Å². The molecule has 41 heavy (non-hydrogen) atoms. The highest BCUT2D eigenvalue weighted by atomic mass is 19.1. The number of benzene rings is 1. The second-order valence-electron chi connectivity index (χ2n) is 10.7. The van der Waals surface area contributed by atoms with Gasteiger partial charge in [0.1, 0.15) is 23.6 Å². The summed E-state index contributed by atoms with van der Waals surface area (Å²) in [7, 11) is 1.59. The third kappa shape index (κ3) is 5.56. The average molecular weight is 563 g/mol. The molecule has 2 N–H and O–H groups in total. The van der Waals surface area contributed by atoms with Crippen LogP contribution in [0.4, 0.5) is 26.2 Å². The summed E-state index contributed by atoms with van der Waals surface area (Å²) < 4.78 is 32.2. The number of hydrogen-bond donors (Lipinski definition) is 2. The molecular weight excluding hydrogens is 530 g/mol. The Hall–Kier alpha value is -4.19. The fourth-order valence-corrected chi connectivity index (χ4v) is 5.39. The van der Waals surface area contributed by atoms with E-state index < -0.39 is 11.6 Å². The van der Waals surface area contributed by atoms with Gasteiger partial charge in [0, 0.05) is 63.5 Å². The van der Waals surface area contributed by atoms with Gasteiger partial charge in [0.25, 0.3) is 5.91 Å². The van der Waals surface area contributed by atoms with E-state index in [1.807, 2.05) is 17.0 Å². The maximum Gasteiger partial charge on any atom is 0.253 e. The molecule has 1 aliphatic heterocycles. The fraction of sp³-hybridized carbons (Fsp3) is 0.414. The number of nitrogens with zero attached hydrogens (tertiary/aromatic N) is 7. The van der Waals surface area contributed by atoms with Crippen molar-refractivity contribution < 1.29 is 18.7 Å². The Labute approximate surface area is 236 Å². The van der Waals surface area contributed by atoms with E-state index >= 15 is 8.78 Å². The number of aliphatic hydroxyl groups is 1. The molecule has 4 aromatic rings. The normalized spacial score (nSPS) is 15.9. The summed E-state index contributed by atoms with van der Waals surface area (Å²) in [4.78, 5) is 33.8. The van der Waals surface area contributed by atoms with Gasteiger partial charge >= 0.3 is 0 Å². The minimum atomic E-state index is -0.669. The molecule has 4 heterocycles. The maximum atomic E-state index is 15.3. The Morgan fingerprint density at radius 2 is 1.83 bits per heavy atom. The van der Waals surface area contributed by atoms with Gasteiger partial charge in [-0.2, -0.15) is 0 Å². The Balaban J connectivity index is 1.17. The first-order valence-electron chi connectivity index (χ1n) is 13.9. The van der Waals surface area contributed by atoms with Crippen LogP contribution in [0.3, 0.4) is 0 Å². The van der Waals surface area contributed by atoms with Crippen LogP contribution in [0, 0.1) is 11.6 Å². The number of carbonyl (C=O) groups excluding carboxylic acids is 1. The second kappa shape index (κ2) is 11.4. The van der Waals surface area contributed by atoms with Crippen LogP contribution in [0.2, 0.25) is 0 Å². The lowest BCUT2D eigenvalue weighted by Gasteiger charge is -2.32. The van der Waals surface area contributed by atoms with Crippen molar-refractivity contribution in [3.05, 3.63) is 65.9 Å². The number of aliphatic hydroxyl groups excluding tert-OH is 1. The van der Waals surface area contributed by atoms with E-state index in [2.05, 4.69) is 30.2 Å². The van der Waals surface area contributed by atoms with E-state index in [0.717, 1.165) is 37.9 Å². The topological polar surface area (TPSA) is 112 Å². The van der Waals surface area contributed by atoms with Crippen molar-refractivity contribution in [2.24, 2.45) is 0 Å². The smallest absolute Gasteiger partial charge is 0.253 e. The average Bonchev–Trinajstić information content (AvgIpc) is 3.80. The lowest BCUT2D eigenvalue weighted by molar-refractivity contribution is 0.0786. The third-order valence-corrected chi connectivity index (χ3v) is 7.88. The summed E-state index contributed by atoms with van der Waals surface area (Å²) in [5.74, 6) is -0.0463. The Morgan fingerprint density at radius 3 is 2.51 bits per heavy atom. The van der Waals surface area contributed by atoms with Gasteiger partial charge in [-0.05, 0) is 61.8 Å². The largest absolute Gasteiger partial charge is 0.396 e. The van der Waals surface area contributed by atoms with Crippen LogP contribution in [0.15, 0.2) is 43.1 Å². The molecule has 0 bridgehead atoms. The first-order chi connectivity index (χ1) is 19.9. The van der Waals surface area contributed by atoms with Crippen molar-refractivity contribution >= 4 is 34.4 Å². The molecule has 1 amide bonds. The van der Waals surface area contributed by atoms with E-state index in [1.54, 1.807) is 7.05 Å². The van der Waals surface area contributed by atoms with Gasteiger partial charge in [0.15, 0.2) is 5.82 Å². The number of rotatable bonds is 9. The molecule has 10 nitrogen and oxygen atoms in total. The van der Waals surface area contributed by atoms with Gasteiger partial charge in [-0.3, -0.25) is 4.79 Å². The number of anilines is 3. The van der Waals surface area contributed by atoms with Crippen LogP contribution < -0.4 is 10.2 Å². The highest BCUT2D eigenvalue weighted by Gasteiger charge is 2.28. The molecule has 2 aliphatic rings. The van der Waals surface area contributed by atoms with Crippen molar-refractivity contribution in [2.45, 2.75) is 44.1 Å². The molecule has 3 aromatic heterocycles. The molecule has 1 aliphatic carbocycles.